The average Bonchev–Trinajstić information content (AvgIpc) is 3.05. The van der Waals surface area contributed by atoms with Crippen molar-refractivity contribution >= 4 is 0 Å². The van der Waals surface area contributed by atoms with Crippen molar-refractivity contribution in [3.05, 3.63) is 23.8 Å². The van der Waals surface area contributed by atoms with Crippen LogP contribution in [0, 0.1) is 12.8 Å². The highest BCUT2D eigenvalue weighted by Gasteiger charge is 2.28. The van der Waals surface area contributed by atoms with Crippen LogP contribution in [0.15, 0.2) is 21.3 Å². The second-order valence-corrected chi connectivity index (χ2v) is 5.90. The van der Waals surface area contributed by atoms with E-state index >= 15 is 0 Å². The molecule has 2 atom stereocenters. The highest BCUT2D eigenvalue weighted by atomic mass is 16.5. The van der Waals surface area contributed by atoms with Crippen molar-refractivity contribution < 1.29 is 8.94 Å². The van der Waals surface area contributed by atoms with E-state index in [1.165, 1.54) is 0 Å². The van der Waals surface area contributed by atoms with Gasteiger partial charge in [-0.05, 0) is 44.4 Å². The SMILES string of the molecule is CCCNC(C)C(c1nc(-c2occc2C)no1)C(C)C. The maximum atomic E-state index is 5.51. The molecule has 116 valence electrons. The van der Waals surface area contributed by atoms with Gasteiger partial charge in [-0.3, -0.25) is 0 Å². The Balaban J connectivity index is 2.22. The molecule has 0 fully saturated rings. The van der Waals surface area contributed by atoms with Gasteiger partial charge < -0.3 is 14.3 Å². The molecule has 21 heavy (non-hydrogen) atoms. The molecule has 1 N–H and O–H groups in total. The van der Waals surface area contributed by atoms with Gasteiger partial charge in [-0.2, -0.15) is 4.98 Å². The minimum atomic E-state index is 0.188. The lowest BCUT2D eigenvalue weighted by atomic mass is 9.89. The molecule has 5 nitrogen and oxygen atoms in total. The molecule has 2 heterocycles. The lowest BCUT2D eigenvalue weighted by Gasteiger charge is -2.24. The molecule has 0 aliphatic carbocycles. The van der Waals surface area contributed by atoms with Crippen LogP contribution in [0.5, 0.6) is 0 Å². The summed E-state index contributed by atoms with van der Waals surface area (Å²) in [6, 6.07) is 2.19. The minimum Gasteiger partial charge on any atom is -0.461 e. The van der Waals surface area contributed by atoms with Gasteiger partial charge in [0.05, 0.1) is 12.2 Å². The molecular formula is C16H25N3O2. The number of aromatic nitrogens is 2. The Hall–Kier alpha value is -1.62. The van der Waals surface area contributed by atoms with Crippen molar-refractivity contribution in [3.8, 4) is 11.6 Å². The molecule has 2 aromatic rings. The molecule has 2 rings (SSSR count). The highest BCUT2D eigenvalue weighted by Crippen LogP contribution is 2.29. The largest absolute Gasteiger partial charge is 0.461 e. The normalized spacial score (nSPS) is 14.6. The molecule has 0 aromatic carbocycles. The van der Waals surface area contributed by atoms with Crippen LogP contribution in [0.25, 0.3) is 11.6 Å². The monoisotopic (exact) mass is 291 g/mol. The Morgan fingerprint density at radius 3 is 2.62 bits per heavy atom. The van der Waals surface area contributed by atoms with Gasteiger partial charge in [0.15, 0.2) is 5.76 Å². The molecule has 0 radical (unpaired) electrons. The Morgan fingerprint density at radius 1 is 1.29 bits per heavy atom. The second-order valence-electron chi connectivity index (χ2n) is 5.90. The van der Waals surface area contributed by atoms with Crippen LogP contribution >= 0.6 is 0 Å². The molecule has 0 spiro atoms. The fourth-order valence-corrected chi connectivity index (χ4v) is 2.64. The predicted octanol–water partition coefficient (Wildman–Crippen LogP) is 3.77. The average molecular weight is 291 g/mol. The van der Waals surface area contributed by atoms with E-state index in [0.29, 0.717) is 23.4 Å². The van der Waals surface area contributed by atoms with E-state index in [9.17, 15) is 0 Å². The summed E-state index contributed by atoms with van der Waals surface area (Å²) in [6.07, 6.45) is 2.75. The Labute approximate surface area is 126 Å². The number of hydrogen-bond donors (Lipinski definition) is 1. The number of hydrogen-bond acceptors (Lipinski definition) is 5. The zero-order valence-corrected chi connectivity index (χ0v) is 13.5. The second kappa shape index (κ2) is 6.89. The van der Waals surface area contributed by atoms with Gasteiger partial charge in [0.2, 0.25) is 11.7 Å². The first kappa shape index (κ1) is 15.8. The van der Waals surface area contributed by atoms with Gasteiger partial charge in [-0.15, -0.1) is 0 Å². The molecule has 0 bridgehead atoms. The Kier molecular flexibility index (Phi) is 5.17. The minimum absolute atomic E-state index is 0.188. The third-order valence-electron chi connectivity index (χ3n) is 3.77. The zero-order chi connectivity index (χ0) is 15.4. The third kappa shape index (κ3) is 3.53. The summed E-state index contributed by atoms with van der Waals surface area (Å²) in [4.78, 5) is 4.55. The third-order valence-corrected chi connectivity index (χ3v) is 3.77. The topological polar surface area (TPSA) is 64.1 Å². The lowest BCUT2D eigenvalue weighted by Crippen LogP contribution is -2.35. The molecule has 0 saturated carbocycles. The summed E-state index contributed by atoms with van der Waals surface area (Å²) in [6.45, 7) is 11.6. The van der Waals surface area contributed by atoms with E-state index in [1.54, 1.807) is 6.26 Å². The standard InChI is InChI=1S/C16H25N3O2/c1-6-8-17-12(5)13(10(2)3)16-18-15(19-21-16)14-11(4)7-9-20-14/h7,9-10,12-13,17H,6,8H2,1-5H3. The first-order chi connectivity index (χ1) is 10.0. The summed E-state index contributed by atoms with van der Waals surface area (Å²) in [5.41, 5.74) is 1.01. The van der Waals surface area contributed by atoms with Gasteiger partial charge >= 0.3 is 0 Å². The molecular weight excluding hydrogens is 266 g/mol. The van der Waals surface area contributed by atoms with Crippen LogP contribution in [-0.2, 0) is 0 Å². The zero-order valence-electron chi connectivity index (χ0n) is 13.5. The number of nitrogens with one attached hydrogen (secondary N) is 1. The number of rotatable bonds is 7. The van der Waals surface area contributed by atoms with Crippen molar-refractivity contribution in [2.24, 2.45) is 5.92 Å². The Morgan fingerprint density at radius 2 is 2.05 bits per heavy atom. The molecule has 0 aliphatic rings. The summed E-state index contributed by atoms with van der Waals surface area (Å²) >= 11 is 0. The van der Waals surface area contributed by atoms with Crippen LogP contribution in [0.4, 0.5) is 0 Å². The van der Waals surface area contributed by atoms with Gasteiger partial charge in [-0.25, -0.2) is 0 Å². The number of nitrogens with zero attached hydrogens (tertiary/aromatic N) is 2. The molecule has 2 unspecified atom stereocenters. The maximum Gasteiger partial charge on any atom is 0.238 e. The molecule has 5 heteroatoms. The van der Waals surface area contributed by atoms with E-state index in [1.807, 2.05) is 13.0 Å². The first-order valence-corrected chi connectivity index (χ1v) is 7.66. The van der Waals surface area contributed by atoms with Gasteiger partial charge in [0, 0.05) is 6.04 Å². The van der Waals surface area contributed by atoms with Crippen molar-refractivity contribution in [1.29, 1.82) is 0 Å². The number of aryl methyl sites for hydroxylation is 1. The maximum absolute atomic E-state index is 5.51. The van der Waals surface area contributed by atoms with E-state index in [4.69, 9.17) is 8.94 Å². The summed E-state index contributed by atoms with van der Waals surface area (Å²) < 4.78 is 10.9. The van der Waals surface area contributed by atoms with Gasteiger partial charge in [-0.1, -0.05) is 25.9 Å². The summed E-state index contributed by atoms with van der Waals surface area (Å²) in [7, 11) is 0. The highest BCUT2D eigenvalue weighted by molar-refractivity contribution is 5.51. The van der Waals surface area contributed by atoms with E-state index in [2.05, 4.69) is 43.2 Å². The van der Waals surface area contributed by atoms with Crippen molar-refractivity contribution in [2.75, 3.05) is 6.54 Å². The van der Waals surface area contributed by atoms with Crippen LogP contribution in [0.3, 0.4) is 0 Å². The van der Waals surface area contributed by atoms with E-state index in [0.717, 1.165) is 18.5 Å². The Bertz CT molecular complexity index is 559. The van der Waals surface area contributed by atoms with Gasteiger partial charge in [0.25, 0.3) is 0 Å². The lowest BCUT2D eigenvalue weighted by molar-refractivity contribution is 0.280. The van der Waals surface area contributed by atoms with E-state index in [-0.39, 0.29) is 12.0 Å². The van der Waals surface area contributed by atoms with Crippen molar-refractivity contribution in [2.45, 2.75) is 53.0 Å². The first-order valence-electron chi connectivity index (χ1n) is 7.66. The molecule has 0 saturated heterocycles. The summed E-state index contributed by atoms with van der Waals surface area (Å²) in [5, 5.41) is 7.59. The van der Waals surface area contributed by atoms with Crippen LogP contribution < -0.4 is 5.32 Å². The fraction of sp³-hybridized carbons (Fsp3) is 0.625. The fourth-order valence-electron chi connectivity index (χ4n) is 2.64. The predicted molar refractivity (Wildman–Crippen MR) is 82.1 cm³/mol. The number of furan rings is 1. The molecule has 0 amide bonds. The van der Waals surface area contributed by atoms with Crippen LogP contribution in [-0.4, -0.2) is 22.7 Å². The summed E-state index contributed by atoms with van der Waals surface area (Å²) in [5.74, 6) is 2.48. The van der Waals surface area contributed by atoms with E-state index < -0.39 is 0 Å². The van der Waals surface area contributed by atoms with Crippen LogP contribution in [0.1, 0.15) is 51.5 Å². The van der Waals surface area contributed by atoms with Gasteiger partial charge in [0.1, 0.15) is 0 Å². The molecule has 0 aliphatic heterocycles. The smallest absolute Gasteiger partial charge is 0.238 e. The van der Waals surface area contributed by atoms with Crippen LogP contribution in [0.2, 0.25) is 0 Å². The van der Waals surface area contributed by atoms with Crippen molar-refractivity contribution in [3.63, 3.8) is 0 Å². The van der Waals surface area contributed by atoms with Crippen molar-refractivity contribution in [1.82, 2.24) is 15.5 Å². The molecule has 2 aromatic heterocycles. The quantitative estimate of drug-likeness (QED) is 0.841.